The highest BCUT2D eigenvalue weighted by Gasteiger charge is 2.55. The van der Waals surface area contributed by atoms with Crippen molar-refractivity contribution in [1.82, 2.24) is 15.1 Å². The van der Waals surface area contributed by atoms with Gasteiger partial charge in [0, 0.05) is 19.8 Å². The fourth-order valence-electron chi connectivity index (χ4n) is 3.50. The summed E-state index contributed by atoms with van der Waals surface area (Å²) in [5, 5.41) is 18.7. The van der Waals surface area contributed by atoms with E-state index in [1.165, 1.54) is 11.7 Å². The SMILES string of the molecule is CCn1cc(NC(=O)[C@@H]2[C@@H](C(=O)O)[C@H]3CC[C@H]2O3)c(C(=O)NC)n1. The van der Waals surface area contributed by atoms with Gasteiger partial charge in [-0.2, -0.15) is 5.10 Å². The zero-order valence-electron chi connectivity index (χ0n) is 13.5. The number of carbonyl (C=O) groups excluding carboxylic acids is 2. The molecule has 0 aromatic carbocycles. The standard InChI is InChI=1S/C15H20N4O5/c1-3-19-6-7(12(18-19)14(21)16-2)17-13(20)10-8-4-5-9(24-8)11(10)15(22)23/h6,8-11H,3-5H2,1-2H3,(H,16,21)(H,17,20)(H,22,23)/t8-,9-,10+,11+/m1/s1. The molecule has 24 heavy (non-hydrogen) atoms. The van der Waals surface area contributed by atoms with Crippen molar-refractivity contribution in [2.24, 2.45) is 11.8 Å². The van der Waals surface area contributed by atoms with E-state index in [1.807, 2.05) is 6.92 Å². The van der Waals surface area contributed by atoms with Crippen LogP contribution in [0.2, 0.25) is 0 Å². The van der Waals surface area contributed by atoms with E-state index >= 15 is 0 Å². The highest BCUT2D eigenvalue weighted by molar-refractivity contribution is 6.03. The molecule has 0 unspecified atom stereocenters. The minimum atomic E-state index is -1.03. The predicted molar refractivity (Wildman–Crippen MR) is 82.4 cm³/mol. The summed E-state index contributed by atoms with van der Waals surface area (Å²) in [7, 11) is 1.48. The molecule has 130 valence electrons. The van der Waals surface area contributed by atoms with E-state index in [-0.39, 0.29) is 17.5 Å². The number of aryl methyl sites for hydroxylation is 1. The molecule has 1 aromatic heterocycles. The lowest BCUT2D eigenvalue weighted by molar-refractivity contribution is -0.147. The van der Waals surface area contributed by atoms with E-state index in [9.17, 15) is 19.5 Å². The van der Waals surface area contributed by atoms with Gasteiger partial charge in [0.2, 0.25) is 5.91 Å². The van der Waals surface area contributed by atoms with Crippen LogP contribution in [0.15, 0.2) is 6.20 Å². The fourth-order valence-corrected chi connectivity index (χ4v) is 3.50. The third-order valence-electron chi connectivity index (χ3n) is 4.65. The maximum absolute atomic E-state index is 12.7. The second kappa shape index (κ2) is 6.23. The van der Waals surface area contributed by atoms with Crippen LogP contribution >= 0.6 is 0 Å². The summed E-state index contributed by atoms with van der Waals surface area (Å²) in [6.07, 6.45) is 2.08. The number of fused-ring (bicyclic) bond motifs is 2. The quantitative estimate of drug-likeness (QED) is 0.700. The van der Waals surface area contributed by atoms with E-state index < -0.39 is 35.7 Å². The molecule has 0 aliphatic carbocycles. The number of aromatic nitrogens is 2. The number of amides is 2. The van der Waals surface area contributed by atoms with Crippen LogP contribution in [0, 0.1) is 11.8 Å². The summed E-state index contributed by atoms with van der Waals surface area (Å²) < 4.78 is 7.13. The molecule has 3 heterocycles. The summed E-state index contributed by atoms with van der Waals surface area (Å²) in [6, 6.07) is 0. The van der Waals surface area contributed by atoms with E-state index in [1.54, 1.807) is 6.20 Å². The Bertz CT molecular complexity index is 685. The Balaban J connectivity index is 1.83. The zero-order valence-corrected chi connectivity index (χ0v) is 13.5. The van der Waals surface area contributed by atoms with Crippen LogP contribution in [0.1, 0.15) is 30.3 Å². The molecule has 4 atom stereocenters. The molecule has 0 spiro atoms. The van der Waals surface area contributed by atoms with Crippen molar-refractivity contribution in [1.29, 1.82) is 0 Å². The smallest absolute Gasteiger partial charge is 0.310 e. The van der Waals surface area contributed by atoms with Crippen LogP contribution in [-0.4, -0.2) is 51.9 Å². The molecule has 9 heteroatoms. The van der Waals surface area contributed by atoms with Gasteiger partial charge >= 0.3 is 5.97 Å². The Morgan fingerprint density at radius 2 is 2.00 bits per heavy atom. The average molecular weight is 336 g/mol. The molecule has 1 aromatic rings. The first kappa shape index (κ1) is 16.4. The minimum Gasteiger partial charge on any atom is -0.481 e. The van der Waals surface area contributed by atoms with Crippen LogP contribution in [0.5, 0.6) is 0 Å². The van der Waals surface area contributed by atoms with Gasteiger partial charge in [-0.25, -0.2) is 0 Å². The fraction of sp³-hybridized carbons (Fsp3) is 0.600. The second-order valence-corrected chi connectivity index (χ2v) is 6.00. The Labute approximate surface area is 138 Å². The summed E-state index contributed by atoms with van der Waals surface area (Å²) in [4.78, 5) is 36.1. The number of ether oxygens (including phenoxy) is 1. The molecule has 2 aliphatic rings. The highest BCUT2D eigenvalue weighted by atomic mass is 16.5. The Hall–Kier alpha value is -2.42. The molecular weight excluding hydrogens is 316 g/mol. The number of carboxylic acid groups (broad SMARTS) is 1. The van der Waals surface area contributed by atoms with Crippen LogP contribution in [0.3, 0.4) is 0 Å². The molecule has 3 N–H and O–H groups in total. The molecule has 2 fully saturated rings. The van der Waals surface area contributed by atoms with Crippen molar-refractivity contribution >= 4 is 23.5 Å². The molecule has 2 amide bonds. The number of nitrogens with one attached hydrogen (secondary N) is 2. The molecule has 0 radical (unpaired) electrons. The number of hydrogen-bond acceptors (Lipinski definition) is 5. The molecule has 0 saturated carbocycles. The number of aliphatic carboxylic acids is 1. The van der Waals surface area contributed by atoms with Crippen molar-refractivity contribution < 1.29 is 24.2 Å². The first-order chi connectivity index (χ1) is 11.5. The van der Waals surface area contributed by atoms with Crippen molar-refractivity contribution in [3.05, 3.63) is 11.9 Å². The lowest BCUT2D eigenvalue weighted by Gasteiger charge is -2.23. The van der Waals surface area contributed by atoms with Crippen molar-refractivity contribution in [2.75, 3.05) is 12.4 Å². The maximum Gasteiger partial charge on any atom is 0.310 e. The number of anilines is 1. The Morgan fingerprint density at radius 3 is 2.58 bits per heavy atom. The molecule has 2 saturated heterocycles. The molecule has 3 rings (SSSR count). The van der Waals surface area contributed by atoms with Gasteiger partial charge in [-0.15, -0.1) is 0 Å². The third-order valence-corrected chi connectivity index (χ3v) is 4.65. The average Bonchev–Trinajstić information content (AvgIpc) is 3.27. The number of carboxylic acids is 1. The van der Waals surface area contributed by atoms with Crippen LogP contribution < -0.4 is 10.6 Å². The first-order valence-electron chi connectivity index (χ1n) is 7.95. The van der Waals surface area contributed by atoms with Gasteiger partial charge in [-0.1, -0.05) is 0 Å². The summed E-state index contributed by atoms with van der Waals surface area (Å²) in [5.74, 6) is -3.51. The predicted octanol–water partition coefficient (Wildman–Crippen LogP) is 0.0793. The largest absolute Gasteiger partial charge is 0.481 e. The molecule has 9 nitrogen and oxygen atoms in total. The Morgan fingerprint density at radius 1 is 1.33 bits per heavy atom. The number of rotatable bonds is 5. The van der Waals surface area contributed by atoms with Gasteiger partial charge in [0.05, 0.1) is 29.7 Å². The van der Waals surface area contributed by atoms with Crippen LogP contribution in [-0.2, 0) is 20.9 Å². The molecular formula is C15H20N4O5. The summed E-state index contributed by atoms with van der Waals surface area (Å²) >= 11 is 0. The second-order valence-electron chi connectivity index (χ2n) is 6.00. The van der Waals surface area contributed by atoms with Gasteiger partial charge in [0.25, 0.3) is 5.91 Å². The monoisotopic (exact) mass is 336 g/mol. The highest BCUT2D eigenvalue weighted by Crippen LogP contribution is 2.44. The van der Waals surface area contributed by atoms with Gasteiger partial charge in [0.1, 0.15) is 0 Å². The minimum absolute atomic E-state index is 0.101. The van der Waals surface area contributed by atoms with E-state index in [2.05, 4.69) is 15.7 Å². The summed E-state index contributed by atoms with van der Waals surface area (Å²) in [6.45, 7) is 2.39. The lowest BCUT2D eigenvalue weighted by Crippen LogP contribution is -2.41. The first-order valence-corrected chi connectivity index (χ1v) is 7.95. The topological polar surface area (TPSA) is 123 Å². The van der Waals surface area contributed by atoms with Gasteiger partial charge in [-0.3, -0.25) is 19.1 Å². The Kier molecular flexibility index (Phi) is 4.27. The third kappa shape index (κ3) is 2.64. The van der Waals surface area contributed by atoms with Crippen molar-refractivity contribution in [3.8, 4) is 0 Å². The maximum atomic E-state index is 12.7. The van der Waals surface area contributed by atoms with Crippen molar-refractivity contribution in [3.63, 3.8) is 0 Å². The van der Waals surface area contributed by atoms with Gasteiger partial charge < -0.3 is 20.5 Å². The molecule has 2 aliphatic heterocycles. The van der Waals surface area contributed by atoms with E-state index in [4.69, 9.17) is 4.74 Å². The van der Waals surface area contributed by atoms with Crippen LogP contribution in [0.25, 0.3) is 0 Å². The van der Waals surface area contributed by atoms with Gasteiger partial charge in [-0.05, 0) is 19.8 Å². The van der Waals surface area contributed by atoms with Gasteiger partial charge in [0.15, 0.2) is 5.69 Å². The number of carbonyl (C=O) groups is 3. The zero-order chi connectivity index (χ0) is 17.4. The number of hydrogen-bond donors (Lipinski definition) is 3. The normalized spacial score (nSPS) is 27.9. The van der Waals surface area contributed by atoms with E-state index in [0.29, 0.717) is 19.4 Å². The van der Waals surface area contributed by atoms with Crippen LogP contribution in [0.4, 0.5) is 5.69 Å². The van der Waals surface area contributed by atoms with E-state index in [0.717, 1.165) is 0 Å². The number of nitrogens with zero attached hydrogens (tertiary/aromatic N) is 2. The molecule has 2 bridgehead atoms. The summed E-state index contributed by atoms with van der Waals surface area (Å²) in [5.41, 5.74) is 0.372. The van der Waals surface area contributed by atoms with Crippen molar-refractivity contribution in [2.45, 2.75) is 38.5 Å². The lowest BCUT2D eigenvalue weighted by atomic mass is 9.78.